The zero-order valence-electron chi connectivity index (χ0n) is 10.8. The van der Waals surface area contributed by atoms with Crippen LogP contribution < -0.4 is 10.6 Å². The molecule has 4 N–H and O–H groups in total. The van der Waals surface area contributed by atoms with Crippen molar-refractivity contribution in [3.05, 3.63) is 0 Å². The number of hydrogen-bond donors (Lipinski definition) is 2. The van der Waals surface area contributed by atoms with Crippen LogP contribution in [0.1, 0.15) is 64.2 Å². The minimum absolute atomic E-state index is 0.966. The molecule has 94 valence electrons. The van der Waals surface area contributed by atoms with Crippen LogP contribution in [0.25, 0.3) is 0 Å². The van der Waals surface area contributed by atoms with E-state index in [1.165, 1.54) is 77.3 Å². The molecular weight excluding hydrogens is 196 g/mol. The second kappa shape index (κ2) is 7.29. The van der Waals surface area contributed by atoms with Crippen molar-refractivity contribution in [3.8, 4) is 0 Å². The first-order chi connectivity index (χ1) is 7.95. The normalized spacial score (nSPS) is 24.8. The molecule has 0 unspecified atom stereocenters. The van der Waals surface area contributed by atoms with Gasteiger partial charge in [0.1, 0.15) is 13.1 Å². The maximum absolute atomic E-state index is 2.62. The van der Waals surface area contributed by atoms with Crippen molar-refractivity contribution >= 4 is 0 Å². The summed E-state index contributed by atoms with van der Waals surface area (Å²) in [4.78, 5) is 0. The Bertz CT molecular complexity index is 150. The van der Waals surface area contributed by atoms with Crippen molar-refractivity contribution in [2.75, 3.05) is 13.1 Å². The Hall–Kier alpha value is -0.0800. The molecule has 16 heavy (non-hydrogen) atoms. The van der Waals surface area contributed by atoms with Crippen LogP contribution >= 0.6 is 0 Å². The van der Waals surface area contributed by atoms with Crippen LogP contribution in [0.15, 0.2) is 0 Å². The Balaban J connectivity index is 1.47. The smallest absolute Gasteiger partial charge is 0.125 e. The van der Waals surface area contributed by atoms with Gasteiger partial charge >= 0.3 is 0 Å². The highest BCUT2D eigenvalue weighted by Crippen LogP contribution is 2.15. The van der Waals surface area contributed by atoms with Gasteiger partial charge in [-0.05, 0) is 51.4 Å². The van der Waals surface area contributed by atoms with Gasteiger partial charge in [0.05, 0.1) is 12.1 Å². The molecule has 2 fully saturated rings. The van der Waals surface area contributed by atoms with Crippen molar-refractivity contribution < 1.29 is 10.6 Å². The van der Waals surface area contributed by atoms with Gasteiger partial charge in [-0.2, -0.15) is 0 Å². The molecule has 0 amide bonds. The minimum atomic E-state index is 0.966. The molecule has 0 aromatic rings. The lowest BCUT2D eigenvalue weighted by Crippen LogP contribution is -2.99. The van der Waals surface area contributed by atoms with Crippen LogP contribution in [0.3, 0.4) is 0 Å². The quantitative estimate of drug-likeness (QED) is 0.650. The zero-order valence-corrected chi connectivity index (χ0v) is 10.8. The van der Waals surface area contributed by atoms with E-state index in [-0.39, 0.29) is 0 Å². The Morgan fingerprint density at radius 3 is 1.31 bits per heavy atom. The summed E-state index contributed by atoms with van der Waals surface area (Å²) >= 11 is 0. The van der Waals surface area contributed by atoms with Gasteiger partial charge in [-0.25, -0.2) is 0 Å². The average molecular weight is 226 g/mol. The van der Waals surface area contributed by atoms with Crippen molar-refractivity contribution in [2.24, 2.45) is 0 Å². The van der Waals surface area contributed by atoms with Crippen LogP contribution in [0.4, 0.5) is 0 Å². The largest absolute Gasteiger partial charge is 0.339 e. The lowest BCUT2D eigenvalue weighted by Gasteiger charge is -2.21. The first-order valence-electron chi connectivity index (χ1n) is 7.62. The highest BCUT2D eigenvalue weighted by Gasteiger charge is 2.18. The monoisotopic (exact) mass is 226 g/mol. The molecule has 2 rings (SSSR count). The second-order valence-electron chi connectivity index (χ2n) is 5.84. The molecular formula is C14H30N2+2. The fourth-order valence-corrected chi connectivity index (χ4v) is 3.40. The molecule has 0 aliphatic heterocycles. The third-order valence-electron chi connectivity index (χ3n) is 4.47. The van der Waals surface area contributed by atoms with E-state index in [9.17, 15) is 0 Å². The number of quaternary nitrogens is 2. The Morgan fingerprint density at radius 1 is 0.562 bits per heavy atom. The third kappa shape index (κ3) is 4.42. The van der Waals surface area contributed by atoms with Crippen molar-refractivity contribution in [3.63, 3.8) is 0 Å². The lowest BCUT2D eigenvalue weighted by molar-refractivity contribution is -0.756. The Morgan fingerprint density at radius 2 is 0.938 bits per heavy atom. The predicted octanol–water partition coefficient (Wildman–Crippen LogP) is 0.779. The summed E-state index contributed by atoms with van der Waals surface area (Å²) in [6, 6.07) is 1.93. The van der Waals surface area contributed by atoms with E-state index in [0.717, 1.165) is 12.1 Å². The first-order valence-corrected chi connectivity index (χ1v) is 7.62. The summed E-state index contributed by atoms with van der Waals surface area (Å²) in [5, 5.41) is 5.25. The van der Waals surface area contributed by atoms with Gasteiger partial charge in [0.15, 0.2) is 0 Å². The van der Waals surface area contributed by atoms with Crippen LogP contribution in [0.2, 0.25) is 0 Å². The van der Waals surface area contributed by atoms with Gasteiger partial charge in [0.25, 0.3) is 0 Å². The summed E-state index contributed by atoms with van der Waals surface area (Å²) < 4.78 is 0. The summed E-state index contributed by atoms with van der Waals surface area (Å²) in [6.45, 7) is 2.70. The average Bonchev–Trinajstić information content (AvgIpc) is 2.37. The number of nitrogens with two attached hydrogens (primary N) is 2. The van der Waals surface area contributed by atoms with Crippen molar-refractivity contribution in [1.82, 2.24) is 0 Å². The Labute approximate surface area is 101 Å². The number of hydrogen-bond acceptors (Lipinski definition) is 0. The molecule has 2 saturated carbocycles. The fraction of sp³-hybridized carbons (Fsp3) is 1.00. The van der Waals surface area contributed by atoms with Gasteiger partial charge in [-0.1, -0.05) is 12.8 Å². The van der Waals surface area contributed by atoms with Crippen molar-refractivity contribution in [1.29, 1.82) is 0 Å². The van der Waals surface area contributed by atoms with Gasteiger partial charge < -0.3 is 10.6 Å². The molecule has 0 radical (unpaired) electrons. The van der Waals surface area contributed by atoms with Crippen LogP contribution in [0, 0.1) is 0 Å². The molecule has 2 heteroatoms. The summed E-state index contributed by atoms with van der Waals surface area (Å²) in [5.74, 6) is 0. The minimum Gasteiger partial charge on any atom is -0.339 e. The van der Waals surface area contributed by atoms with Crippen molar-refractivity contribution in [2.45, 2.75) is 76.3 Å². The topological polar surface area (TPSA) is 33.2 Å². The molecule has 0 bridgehead atoms. The van der Waals surface area contributed by atoms with Gasteiger partial charge in [0.2, 0.25) is 0 Å². The predicted molar refractivity (Wildman–Crippen MR) is 67.3 cm³/mol. The third-order valence-corrected chi connectivity index (χ3v) is 4.47. The molecule has 2 aliphatic rings. The van der Waals surface area contributed by atoms with E-state index in [4.69, 9.17) is 0 Å². The highest BCUT2D eigenvalue weighted by atomic mass is 15.0. The number of rotatable bonds is 5. The second-order valence-corrected chi connectivity index (χ2v) is 5.84. The molecule has 0 atom stereocenters. The summed E-state index contributed by atoms with van der Waals surface area (Å²) in [6.07, 6.45) is 14.8. The van der Waals surface area contributed by atoms with E-state index in [1.807, 2.05) is 0 Å². The molecule has 0 aromatic carbocycles. The highest BCUT2D eigenvalue weighted by molar-refractivity contribution is 4.63. The van der Waals surface area contributed by atoms with E-state index in [1.54, 1.807) is 0 Å². The maximum Gasteiger partial charge on any atom is 0.125 e. The molecule has 2 nitrogen and oxygen atoms in total. The Kier molecular flexibility index (Phi) is 5.64. The van der Waals surface area contributed by atoms with E-state index in [0.29, 0.717) is 0 Å². The van der Waals surface area contributed by atoms with Crippen LogP contribution in [-0.2, 0) is 0 Å². The van der Waals surface area contributed by atoms with Crippen LogP contribution in [0.5, 0.6) is 0 Å². The van der Waals surface area contributed by atoms with Crippen LogP contribution in [-0.4, -0.2) is 25.2 Å². The van der Waals surface area contributed by atoms with Gasteiger partial charge in [-0.3, -0.25) is 0 Å². The van der Waals surface area contributed by atoms with Gasteiger partial charge in [0, 0.05) is 0 Å². The standard InChI is InChI=1S/C14H28N2/c1-3-7-13(8-4-1)15-11-12-16-14-9-5-2-6-10-14/h13-16H,1-12H2/p+2. The lowest BCUT2D eigenvalue weighted by atomic mass is 9.95. The summed E-state index contributed by atoms with van der Waals surface area (Å²) in [7, 11) is 0. The van der Waals surface area contributed by atoms with Gasteiger partial charge in [-0.15, -0.1) is 0 Å². The summed E-state index contributed by atoms with van der Waals surface area (Å²) in [5.41, 5.74) is 0. The fourth-order valence-electron chi connectivity index (χ4n) is 3.40. The molecule has 0 saturated heterocycles. The van der Waals surface area contributed by atoms with E-state index >= 15 is 0 Å². The van der Waals surface area contributed by atoms with E-state index < -0.39 is 0 Å². The zero-order chi connectivity index (χ0) is 11.1. The molecule has 0 heterocycles. The molecule has 2 aliphatic carbocycles. The molecule has 0 aromatic heterocycles. The maximum atomic E-state index is 2.62. The SMILES string of the molecule is C1CCC([NH2+]CC[NH2+]C2CCCCC2)CC1. The first kappa shape index (κ1) is 12.4. The van der Waals surface area contributed by atoms with E-state index in [2.05, 4.69) is 10.6 Å². The molecule has 0 spiro atoms.